The molecule has 2 fully saturated rings. The molecule has 0 amide bonds. The molecule has 1 spiro atoms. The van der Waals surface area contributed by atoms with Crippen molar-refractivity contribution in [2.75, 3.05) is 0 Å². The van der Waals surface area contributed by atoms with Gasteiger partial charge < -0.3 is 9.47 Å². The highest BCUT2D eigenvalue weighted by molar-refractivity contribution is 14.1. The summed E-state index contributed by atoms with van der Waals surface area (Å²) in [5, 5.41) is 0. The number of hydrogen-bond acceptors (Lipinski definition) is 2. The molecule has 1 aliphatic carbocycles. The molecule has 1 saturated heterocycles. The molecule has 2 atom stereocenters. The van der Waals surface area contributed by atoms with Crippen LogP contribution in [0.2, 0.25) is 0 Å². The van der Waals surface area contributed by atoms with Crippen molar-refractivity contribution < 1.29 is 9.47 Å². The summed E-state index contributed by atoms with van der Waals surface area (Å²) in [7, 11) is 0. The third kappa shape index (κ3) is 2.32. The lowest BCUT2D eigenvalue weighted by molar-refractivity contribution is -0.192. The van der Waals surface area contributed by atoms with Crippen LogP contribution in [0.4, 0.5) is 0 Å². The molecule has 0 aromatic heterocycles. The van der Waals surface area contributed by atoms with Crippen LogP contribution in [-0.4, -0.2) is 11.9 Å². The molecule has 2 aliphatic rings. The summed E-state index contributed by atoms with van der Waals surface area (Å²) >= 11 is 2.36. The van der Waals surface area contributed by atoms with Gasteiger partial charge in [0, 0.05) is 16.4 Å². The first-order valence-electron chi connectivity index (χ1n) is 6.63. The fraction of sp³-hybridized carbons (Fsp3) is 0.533. The van der Waals surface area contributed by atoms with Gasteiger partial charge in [-0.3, -0.25) is 0 Å². The van der Waals surface area contributed by atoms with Crippen molar-refractivity contribution in [3.8, 4) is 0 Å². The Morgan fingerprint density at radius 2 is 1.83 bits per heavy atom. The van der Waals surface area contributed by atoms with E-state index in [9.17, 15) is 0 Å². The molecular formula is C15H18IO2. The maximum atomic E-state index is 6.28. The maximum Gasteiger partial charge on any atom is 0.169 e. The van der Waals surface area contributed by atoms with Crippen molar-refractivity contribution >= 4 is 22.6 Å². The van der Waals surface area contributed by atoms with Gasteiger partial charge in [-0.25, -0.2) is 0 Å². The molecule has 3 rings (SSSR count). The summed E-state index contributed by atoms with van der Waals surface area (Å²) in [5.74, 6) is -0.353. The molecule has 1 saturated carbocycles. The maximum absolute atomic E-state index is 6.28. The van der Waals surface area contributed by atoms with E-state index in [2.05, 4.69) is 53.8 Å². The molecule has 1 aliphatic heterocycles. The zero-order valence-electron chi connectivity index (χ0n) is 10.4. The molecule has 0 bridgehead atoms. The average molecular weight is 357 g/mol. The van der Waals surface area contributed by atoms with E-state index >= 15 is 0 Å². The average Bonchev–Trinajstić information content (AvgIpc) is 2.67. The Bertz CT molecular complexity index is 426. The summed E-state index contributed by atoms with van der Waals surface area (Å²) < 4.78 is 13.6. The second kappa shape index (κ2) is 5.10. The van der Waals surface area contributed by atoms with E-state index < -0.39 is 0 Å². The Morgan fingerprint density at radius 3 is 2.56 bits per heavy atom. The zero-order chi connectivity index (χ0) is 12.6. The summed E-state index contributed by atoms with van der Waals surface area (Å²) in [6.45, 7) is 4.14. The second-order valence-corrected chi connectivity index (χ2v) is 6.35. The number of benzene rings is 1. The minimum absolute atomic E-state index is 0.0174. The Hall–Kier alpha value is -0.130. The van der Waals surface area contributed by atoms with Crippen LogP contribution >= 0.6 is 22.6 Å². The first-order valence-corrected chi connectivity index (χ1v) is 7.71. The van der Waals surface area contributed by atoms with Crippen LogP contribution in [0.15, 0.2) is 24.3 Å². The molecule has 18 heavy (non-hydrogen) atoms. The molecule has 97 valence electrons. The minimum atomic E-state index is -0.353. The van der Waals surface area contributed by atoms with Gasteiger partial charge in [0.05, 0.1) is 6.10 Å². The van der Waals surface area contributed by atoms with Crippen LogP contribution in [0.1, 0.15) is 43.8 Å². The van der Waals surface area contributed by atoms with E-state index in [0.29, 0.717) is 0 Å². The normalized spacial score (nSPS) is 30.8. The van der Waals surface area contributed by atoms with Crippen molar-refractivity contribution in [3.63, 3.8) is 0 Å². The van der Waals surface area contributed by atoms with Gasteiger partial charge in [0.15, 0.2) is 5.79 Å². The first kappa shape index (κ1) is 12.9. The lowest BCUT2D eigenvalue weighted by Gasteiger charge is -2.31. The molecule has 1 heterocycles. The lowest BCUT2D eigenvalue weighted by Crippen LogP contribution is -2.33. The van der Waals surface area contributed by atoms with Gasteiger partial charge in [0.2, 0.25) is 0 Å². The summed E-state index contributed by atoms with van der Waals surface area (Å²) in [6.07, 6.45) is 5.61. The Kier molecular flexibility index (Phi) is 3.65. The smallest absolute Gasteiger partial charge is 0.169 e. The second-order valence-electron chi connectivity index (χ2n) is 5.19. The molecule has 0 N–H and O–H groups in total. The van der Waals surface area contributed by atoms with E-state index in [-0.39, 0.29) is 18.0 Å². The van der Waals surface area contributed by atoms with Crippen LogP contribution in [0, 0.1) is 10.5 Å². The van der Waals surface area contributed by atoms with Gasteiger partial charge in [-0.1, -0.05) is 24.6 Å². The Labute approximate surface area is 122 Å². The number of halogens is 1. The van der Waals surface area contributed by atoms with E-state index in [1.54, 1.807) is 0 Å². The van der Waals surface area contributed by atoms with Crippen molar-refractivity contribution in [1.82, 2.24) is 0 Å². The van der Waals surface area contributed by atoms with Crippen LogP contribution in [-0.2, 0) is 9.47 Å². The van der Waals surface area contributed by atoms with E-state index in [1.165, 1.54) is 28.4 Å². The zero-order valence-corrected chi connectivity index (χ0v) is 12.6. The fourth-order valence-corrected chi connectivity index (χ4v) is 3.66. The fourth-order valence-electron chi connectivity index (χ4n) is 2.97. The molecule has 1 aromatic rings. The van der Waals surface area contributed by atoms with Gasteiger partial charge in [-0.05, 0) is 54.0 Å². The third-order valence-corrected chi connectivity index (χ3v) is 4.86. The topological polar surface area (TPSA) is 18.5 Å². The summed E-state index contributed by atoms with van der Waals surface area (Å²) in [6, 6.07) is 8.34. The SMILES string of the molecule is [CH2][C@@H]1OC2(CCCCC2)O[C@H]1c1ccccc1I. The van der Waals surface area contributed by atoms with Crippen molar-refractivity contribution in [1.29, 1.82) is 0 Å². The monoisotopic (exact) mass is 357 g/mol. The highest BCUT2D eigenvalue weighted by Crippen LogP contribution is 2.46. The van der Waals surface area contributed by atoms with Gasteiger partial charge in [0.1, 0.15) is 6.10 Å². The van der Waals surface area contributed by atoms with E-state index in [1.807, 2.05) is 0 Å². The minimum Gasteiger partial charge on any atom is -0.344 e. The number of hydrogen-bond donors (Lipinski definition) is 0. The molecule has 3 heteroatoms. The van der Waals surface area contributed by atoms with Crippen molar-refractivity contribution in [2.24, 2.45) is 0 Å². The third-order valence-electron chi connectivity index (χ3n) is 3.87. The predicted molar refractivity (Wildman–Crippen MR) is 79.0 cm³/mol. The first-order chi connectivity index (χ1) is 8.70. The highest BCUT2D eigenvalue weighted by atomic mass is 127. The summed E-state index contributed by atoms with van der Waals surface area (Å²) in [4.78, 5) is 0. The molecule has 2 nitrogen and oxygen atoms in total. The lowest BCUT2D eigenvalue weighted by atomic mass is 9.94. The van der Waals surface area contributed by atoms with Crippen LogP contribution in [0.5, 0.6) is 0 Å². The van der Waals surface area contributed by atoms with E-state index in [4.69, 9.17) is 9.47 Å². The quantitative estimate of drug-likeness (QED) is 0.700. The number of ether oxygens (including phenoxy) is 2. The van der Waals surface area contributed by atoms with Crippen LogP contribution in [0.25, 0.3) is 0 Å². The van der Waals surface area contributed by atoms with Gasteiger partial charge >= 0.3 is 0 Å². The van der Waals surface area contributed by atoms with Gasteiger partial charge in [-0.2, -0.15) is 0 Å². The predicted octanol–water partition coefficient (Wildman–Crippen LogP) is 4.24. The molecule has 1 radical (unpaired) electrons. The number of rotatable bonds is 1. The largest absolute Gasteiger partial charge is 0.344 e. The van der Waals surface area contributed by atoms with Crippen LogP contribution < -0.4 is 0 Å². The molecular weight excluding hydrogens is 339 g/mol. The Balaban J connectivity index is 1.84. The Morgan fingerprint density at radius 1 is 1.11 bits per heavy atom. The summed E-state index contributed by atoms with van der Waals surface area (Å²) in [5.41, 5.74) is 1.21. The van der Waals surface area contributed by atoms with Crippen molar-refractivity contribution in [2.45, 2.75) is 50.1 Å². The van der Waals surface area contributed by atoms with Crippen molar-refractivity contribution in [3.05, 3.63) is 40.3 Å². The van der Waals surface area contributed by atoms with Gasteiger partial charge in [-0.15, -0.1) is 0 Å². The highest BCUT2D eigenvalue weighted by Gasteiger charge is 2.47. The van der Waals surface area contributed by atoms with Crippen LogP contribution in [0.3, 0.4) is 0 Å². The van der Waals surface area contributed by atoms with Gasteiger partial charge in [0.25, 0.3) is 0 Å². The molecule has 1 aromatic carbocycles. The molecule has 0 unspecified atom stereocenters. The standard InChI is InChI=1S/C15H18IO2/c1-11-14(12-7-3-4-8-13(12)16)18-15(17-11)9-5-2-6-10-15/h3-4,7-8,11,14H,1-2,5-6,9-10H2/t11-,14+/m0/s1. The van der Waals surface area contributed by atoms with E-state index in [0.717, 1.165) is 12.8 Å².